The van der Waals surface area contributed by atoms with E-state index in [4.69, 9.17) is 11.6 Å². The van der Waals surface area contributed by atoms with Gasteiger partial charge in [0.2, 0.25) is 0 Å². The van der Waals surface area contributed by atoms with Gasteiger partial charge in [0.15, 0.2) is 0 Å². The average Bonchev–Trinajstić information content (AvgIpc) is 2.86. The molecule has 1 aromatic carbocycles. The molecule has 0 saturated carbocycles. The molecule has 2 nitrogen and oxygen atoms in total. The number of hydrogen-bond donors (Lipinski definition) is 1. The first-order chi connectivity index (χ1) is 9.15. The Morgan fingerprint density at radius 1 is 1.42 bits per heavy atom. The predicted molar refractivity (Wildman–Crippen MR) is 80.5 cm³/mol. The fourth-order valence-electron chi connectivity index (χ4n) is 2.73. The molecule has 1 N–H and O–H groups in total. The van der Waals surface area contributed by atoms with Crippen LogP contribution in [-0.2, 0) is 6.42 Å². The second-order valence-corrected chi connectivity index (χ2v) is 6.31. The van der Waals surface area contributed by atoms with Crippen molar-refractivity contribution in [3.05, 3.63) is 50.7 Å². The van der Waals surface area contributed by atoms with Crippen LogP contribution in [0.5, 0.6) is 5.75 Å². The maximum atomic E-state index is 9.91. The molecule has 0 radical (unpaired) electrons. The molecule has 1 unspecified atom stereocenters. The molecule has 0 aliphatic carbocycles. The van der Waals surface area contributed by atoms with Crippen molar-refractivity contribution in [1.29, 1.82) is 0 Å². The topological polar surface area (TPSA) is 23.5 Å². The highest BCUT2D eigenvalue weighted by molar-refractivity contribution is 7.08. The van der Waals surface area contributed by atoms with Gasteiger partial charge >= 0.3 is 0 Å². The van der Waals surface area contributed by atoms with Gasteiger partial charge in [-0.15, -0.1) is 0 Å². The first kappa shape index (κ1) is 13.0. The highest BCUT2D eigenvalue weighted by Gasteiger charge is 2.24. The Hall–Kier alpha value is -1.03. The number of benzene rings is 1. The van der Waals surface area contributed by atoms with Crippen molar-refractivity contribution in [1.82, 2.24) is 4.90 Å². The van der Waals surface area contributed by atoms with Crippen LogP contribution in [0.15, 0.2) is 29.0 Å². The zero-order valence-electron chi connectivity index (χ0n) is 10.8. The van der Waals surface area contributed by atoms with Crippen LogP contribution in [0.1, 0.15) is 22.6 Å². The van der Waals surface area contributed by atoms with Crippen LogP contribution in [0.3, 0.4) is 0 Å². The number of rotatable bonds is 1. The molecule has 1 atom stereocenters. The first-order valence-electron chi connectivity index (χ1n) is 6.37. The van der Waals surface area contributed by atoms with E-state index in [0.717, 1.165) is 19.5 Å². The van der Waals surface area contributed by atoms with Gasteiger partial charge < -0.3 is 10.0 Å². The molecule has 1 aliphatic heterocycles. The van der Waals surface area contributed by atoms with Gasteiger partial charge in [-0.3, -0.25) is 0 Å². The highest BCUT2D eigenvalue weighted by Crippen LogP contribution is 2.37. The Bertz CT molecular complexity index is 582. The van der Waals surface area contributed by atoms with E-state index in [0.29, 0.717) is 10.9 Å². The van der Waals surface area contributed by atoms with Crippen molar-refractivity contribution < 1.29 is 5.11 Å². The molecule has 3 rings (SSSR count). The summed E-state index contributed by atoms with van der Waals surface area (Å²) >= 11 is 7.76. The quantitative estimate of drug-likeness (QED) is 0.866. The Morgan fingerprint density at radius 3 is 3.00 bits per heavy atom. The molecule has 100 valence electrons. The van der Waals surface area contributed by atoms with E-state index in [1.807, 2.05) is 12.1 Å². The molecular formula is C15H16ClNOS. The second kappa shape index (κ2) is 5.16. The van der Waals surface area contributed by atoms with Gasteiger partial charge in [-0.05, 0) is 59.1 Å². The minimum Gasteiger partial charge on any atom is -0.506 e. The summed E-state index contributed by atoms with van der Waals surface area (Å²) in [5, 5.41) is 14.7. The third-order valence-electron chi connectivity index (χ3n) is 3.79. The van der Waals surface area contributed by atoms with Crippen LogP contribution in [0.4, 0.5) is 0 Å². The largest absolute Gasteiger partial charge is 0.506 e. The summed E-state index contributed by atoms with van der Waals surface area (Å²) in [5.41, 5.74) is 3.79. The molecule has 2 aromatic rings. The number of aromatic hydroxyl groups is 1. The molecule has 0 spiro atoms. The number of fused-ring (bicyclic) bond motifs is 1. The minimum absolute atomic E-state index is 0.185. The van der Waals surface area contributed by atoms with E-state index in [9.17, 15) is 5.11 Å². The number of hydrogen-bond acceptors (Lipinski definition) is 3. The smallest absolute Gasteiger partial charge is 0.134 e. The summed E-state index contributed by atoms with van der Waals surface area (Å²) in [6.07, 6.45) is 0.979. The summed E-state index contributed by atoms with van der Waals surface area (Å²) < 4.78 is 0. The van der Waals surface area contributed by atoms with Crippen molar-refractivity contribution >= 4 is 22.9 Å². The summed E-state index contributed by atoms with van der Waals surface area (Å²) in [6.45, 7) is 2.00. The Kier molecular flexibility index (Phi) is 3.52. The maximum Gasteiger partial charge on any atom is 0.134 e. The lowest BCUT2D eigenvalue weighted by Crippen LogP contribution is -2.24. The monoisotopic (exact) mass is 293 g/mol. The van der Waals surface area contributed by atoms with E-state index in [1.54, 1.807) is 11.3 Å². The fourth-order valence-corrected chi connectivity index (χ4v) is 3.63. The molecule has 0 bridgehead atoms. The highest BCUT2D eigenvalue weighted by atomic mass is 35.5. The second-order valence-electron chi connectivity index (χ2n) is 5.12. The van der Waals surface area contributed by atoms with Gasteiger partial charge in [-0.1, -0.05) is 11.6 Å². The van der Waals surface area contributed by atoms with E-state index in [1.165, 1.54) is 16.7 Å². The van der Waals surface area contributed by atoms with Crippen LogP contribution in [0, 0.1) is 0 Å². The van der Waals surface area contributed by atoms with E-state index in [-0.39, 0.29) is 5.75 Å². The maximum absolute atomic E-state index is 9.91. The number of thiophene rings is 1. The Morgan fingerprint density at radius 2 is 2.26 bits per heavy atom. The van der Waals surface area contributed by atoms with Gasteiger partial charge in [0, 0.05) is 19.0 Å². The van der Waals surface area contributed by atoms with Gasteiger partial charge in [0.05, 0.1) is 5.02 Å². The van der Waals surface area contributed by atoms with E-state index >= 15 is 0 Å². The average molecular weight is 294 g/mol. The third kappa shape index (κ3) is 2.50. The van der Waals surface area contributed by atoms with Crippen LogP contribution >= 0.6 is 22.9 Å². The van der Waals surface area contributed by atoms with Gasteiger partial charge in [-0.2, -0.15) is 11.3 Å². The molecule has 4 heteroatoms. The van der Waals surface area contributed by atoms with Crippen molar-refractivity contribution in [3.63, 3.8) is 0 Å². The SMILES string of the molecule is CN1CCc2cc(Cl)c(O)cc2C(c2ccsc2)C1. The van der Waals surface area contributed by atoms with Gasteiger partial charge in [-0.25, -0.2) is 0 Å². The lowest BCUT2D eigenvalue weighted by Gasteiger charge is -2.21. The Labute approximate surface area is 122 Å². The predicted octanol–water partition coefficient (Wildman–Crippen LogP) is 3.73. The zero-order valence-corrected chi connectivity index (χ0v) is 12.3. The van der Waals surface area contributed by atoms with E-state index in [2.05, 4.69) is 28.8 Å². The van der Waals surface area contributed by atoms with Gasteiger partial charge in [0.25, 0.3) is 0 Å². The van der Waals surface area contributed by atoms with Crippen LogP contribution in [-0.4, -0.2) is 30.1 Å². The lowest BCUT2D eigenvalue weighted by molar-refractivity contribution is 0.338. The molecule has 1 aliphatic rings. The van der Waals surface area contributed by atoms with Crippen molar-refractivity contribution in [2.24, 2.45) is 0 Å². The van der Waals surface area contributed by atoms with Crippen molar-refractivity contribution in [2.45, 2.75) is 12.3 Å². The summed E-state index contributed by atoms with van der Waals surface area (Å²) in [5.74, 6) is 0.502. The molecule has 2 heterocycles. The molecule has 19 heavy (non-hydrogen) atoms. The van der Waals surface area contributed by atoms with Crippen LogP contribution in [0.25, 0.3) is 0 Å². The summed E-state index contributed by atoms with van der Waals surface area (Å²) in [7, 11) is 2.15. The lowest BCUT2D eigenvalue weighted by atomic mass is 9.89. The molecule has 1 aromatic heterocycles. The summed E-state index contributed by atoms with van der Waals surface area (Å²) in [4.78, 5) is 2.34. The minimum atomic E-state index is 0.185. The van der Waals surface area contributed by atoms with E-state index < -0.39 is 0 Å². The first-order valence-corrected chi connectivity index (χ1v) is 7.69. The number of phenols is 1. The summed E-state index contributed by atoms with van der Waals surface area (Å²) in [6, 6.07) is 5.94. The standard InChI is InChI=1S/C15H16ClNOS/c1-17-4-2-10-6-14(16)15(18)7-12(10)13(8-17)11-3-5-19-9-11/h3,5-7,9,13,18H,2,4,8H2,1H3. The third-order valence-corrected chi connectivity index (χ3v) is 4.79. The number of halogens is 1. The molecule has 0 fully saturated rings. The van der Waals surface area contributed by atoms with Crippen molar-refractivity contribution in [3.8, 4) is 5.75 Å². The number of likely N-dealkylation sites (N-methyl/N-ethyl adjacent to an activating group) is 1. The van der Waals surface area contributed by atoms with Gasteiger partial charge in [0.1, 0.15) is 5.75 Å². The number of phenolic OH excluding ortho intramolecular Hbond substituents is 1. The number of nitrogens with zero attached hydrogens (tertiary/aromatic N) is 1. The van der Waals surface area contributed by atoms with Crippen molar-refractivity contribution in [2.75, 3.05) is 20.1 Å². The zero-order chi connectivity index (χ0) is 13.4. The fraction of sp³-hybridized carbons (Fsp3) is 0.333. The molecular weight excluding hydrogens is 278 g/mol. The Balaban J connectivity index is 2.12. The van der Waals surface area contributed by atoms with Crippen LogP contribution < -0.4 is 0 Å². The molecule has 0 amide bonds. The molecule has 0 saturated heterocycles. The normalized spacial score (nSPS) is 20.0. The van der Waals surface area contributed by atoms with Crippen LogP contribution in [0.2, 0.25) is 5.02 Å².